The van der Waals surface area contributed by atoms with E-state index in [0.29, 0.717) is 18.8 Å². The van der Waals surface area contributed by atoms with Gasteiger partial charge in [-0.15, -0.1) is 0 Å². The van der Waals surface area contributed by atoms with Crippen molar-refractivity contribution in [3.8, 4) is 11.5 Å². The molecule has 0 bridgehead atoms. The van der Waals surface area contributed by atoms with Crippen molar-refractivity contribution >= 4 is 21.6 Å². The predicted molar refractivity (Wildman–Crippen MR) is 87.0 cm³/mol. The average Bonchev–Trinajstić information content (AvgIpc) is 3.06. The SMILES string of the molecule is Fc1cc(Oc2c(F)cc(C(F)(F)F)cc2F)c(Br)cc1N1CCCC1. The molecule has 1 heterocycles. The maximum absolute atomic E-state index is 14.3. The number of ether oxygens (including phenoxy) is 1. The van der Waals surface area contributed by atoms with E-state index in [1.54, 1.807) is 0 Å². The summed E-state index contributed by atoms with van der Waals surface area (Å²) < 4.78 is 85.1. The third-order valence-electron chi connectivity index (χ3n) is 3.99. The molecule has 0 aliphatic carbocycles. The van der Waals surface area contributed by atoms with Crippen LogP contribution in [0.5, 0.6) is 11.5 Å². The Kier molecular flexibility index (Phi) is 5.09. The Hall–Kier alpha value is -1.90. The fraction of sp³-hybridized carbons (Fsp3) is 0.294. The highest BCUT2D eigenvalue weighted by Gasteiger charge is 2.33. The second kappa shape index (κ2) is 7.02. The van der Waals surface area contributed by atoms with Crippen molar-refractivity contribution in [3.63, 3.8) is 0 Å². The van der Waals surface area contributed by atoms with Crippen molar-refractivity contribution in [1.29, 1.82) is 0 Å². The van der Waals surface area contributed by atoms with Crippen molar-refractivity contribution in [1.82, 2.24) is 0 Å². The van der Waals surface area contributed by atoms with Gasteiger partial charge in [-0.3, -0.25) is 0 Å². The third-order valence-corrected chi connectivity index (χ3v) is 4.61. The molecular weight excluding hydrogens is 428 g/mol. The number of nitrogens with zero attached hydrogens (tertiary/aromatic N) is 1. The van der Waals surface area contributed by atoms with Crippen LogP contribution >= 0.6 is 15.9 Å². The molecule has 3 rings (SSSR count). The maximum Gasteiger partial charge on any atom is 0.416 e. The molecule has 0 N–H and O–H groups in total. The first-order chi connectivity index (χ1) is 12.2. The van der Waals surface area contributed by atoms with E-state index in [4.69, 9.17) is 4.74 Å². The summed E-state index contributed by atoms with van der Waals surface area (Å²) in [7, 11) is 0. The van der Waals surface area contributed by atoms with E-state index < -0.39 is 34.9 Å². The lowest BCUT2D eigenvalue weighted by atomic mass is 10.2. The topological polar surface area (TPSA) is 12.5 Å². The van der Waals surface area contributed by atoms with Crippen LogP contribution in [0.25, 0.3) is 0 Å². The summed E-state index contributed by atoms with van der Waals surface area (Å²) >= 11 is 3.14. The first-order valence-electron chi connectivity index (χ1n) is 7.65. The molecule has 0 saturated carbocycles. The predicted octanol–water partition coefficient (Wildman–Crippen LogP) is 6.28. The van der Waals surface area contributed by atoms with Crippen LogP contribution in [0.15, 0.2) is 28.7 Å². The van der Waals surface area contributed by atoms with Gasteiger partial charge in [0.15, 0.2) is 17.4 Å². The first kappa shape index (κ1) is 18.9. The lowest BCUT2D eigenvalue weighted by molar-refractivity contribution is -0.138. The molecule has 0 radical (unpaired) electrons. The minimum absolute atomic E-state index is 0.126. The van der Waals surface area contributed by atoms with Gasteiger partial charge in [0, 0.05) is 19.2 Å². The number of halogens is 7. The lowest BCUT2D eigenvalue weighted by Gasteiger charge is -2.20. The van der Waals surface area contributed by atoms with E-state index >= 15 is 0 Å². The molecule has 1 saturated heterocycles. The molecule has 1 aliphatic heterocycles. The van der Waals surface area contributed by atoms with E-state index in [9.17, 15) is 26.3 Å². The monoisotopic (exact) mass is 439 g/mol. The molecule has 0 spiro atoms. The number of hydrogen-bond donors (Lipinski definition) is 0. The molecule has 2 aromatic rings. The fourth-order valence-electron chi connectivity index (χ4n) is 2.73. The van der Waals surface area contributed by atoms with Gasteiger partial charge < -0.3 is 9.64 Å². The molecule has 2 aromatic carbocycles. The number of anilines is 1. The molecule has 140 valence electrons. The standard InChI is InChI=1S/C17H12BrF6NO/c18-10-7-14(25-3-1-2-4-25)11(19)8-15(10)26-16-12(20)5-9(6-13(16)21)17(22,23)24/h5-8H,1-4H2. The Balaban J connectivity index is 1.93. The Bertz CT molecular complexity index is 810. The van der Waals surface area contributed by atoms with Gasteiger partial charge in [0.25, 0.3) is 0 Å². The zero-order valence-corrected chi connectivity index (χ0v) is 14.7. The first-order valence-corrected chi connectivity index (χ1v) is 8.44. The van der Waals surface area contributed by atoms with E-state index in [2.05, 4.69) is 15.9 Å². The molecule has 9 heteroatoms. The molecular formula is C17H12BrF6NO. The Morgan fingerprint density at radius 2 is 1.46 bits per heavy atom. The highest BCUT2D eigenvalue weighted by molar-refractivity contribution is 9.10. The number of alkyl halides is 3. The van der Waals surface area contributed by atoms with Crippen molar-refractivity contribution in [3.05, 3.63) is 51.8 Å². The fourth-order valence-corrected chi connectivity index (χ4v) is 3.14. The van der Waals surface area contributed by atoms with E-state index in [1.165, 1.54) is 6.07 Å². The number of benzene rings is 2. The Morgan fingerprint density at radius 1 is 0.885 bits per heavy atom. The molecule has 1 fully saturated rings. The Labute approximate surface area is 153 Å². The summed E-state index contributed by atoms with van der Waals surface area (Å²) in [6.45, 7) is 1.37. The van der Waals surface area contributed by atoms with E-state index in [-0.39, 0.29) is 22.4 Å². The molecule has 0 atom stereocenters. The van der Waals surface area contributed by atoms with Crippen molar-refractivity contribution in [2.45, 2.75) is 19.0 Å². The van der Waals surface area contributed by atoms with Crippen LogP contribution in [0, 0.1) is 17.5 Å². The van der Waals surface area contributed by atoms with Crippen LogP contribution in [-0.4, -0.2) is 13.1 Å². The van der Waals surface area contributed by atoms with Crippen LogP contribution in [0.2, 0.25) is 0 Å². The van der Waals surface area contributed by atoms with Crippen LogP contribution in [0.4, 0.5) is 32.0 Å². The van der Waals surface area contributed by atoms with Crippen molar-refractivity contribution in [2.75, 3.05) is 18.0 Å². The molecule has 0 amide bonds. The third kappa shape index (κ3) is 3.77. The molecule has 1 aliphatic rings. The van der Waals surface area contributed by atoms with Gasteiger partial charge in [0.05, 0.1) is 15.7 Å². The molecule has 0 unspecified atom stereocenters. The molecule has 2 nitrogen and oxygen atoms in total. The van der Waals surface area contributed by atoms with Gasteiger partial charge in [-0.25, -0.2) is 13.2 Å². The molecule has 26 heavy (non-hydrogen) atoms. The summed E-state index contributed by atoms with van der Waals surface area (Å²) in [4.78, 5) is 1.82. The molecule has 0 aromatic heterocycles. The number of rotatable bonds is 3. The van der Waals surface area contributed by atoms with Crippen molar-refractivity contribution in [2.24, 2.45) is 0 Å². The smallest absolute Gasteiger partial charge is 0.416 e. The normalized spacial score (nSPS) is 14.8. The van der Waals surface area contributed by atoms with Gasteiger partial charge in [-0.1, -0.05) is 0 Å². The van der Waals surface area contributed by atoms with Crippen LogP contribution in [0.1, 0.15) is 18.4 Å². The van der Waals surface area contributed by atoms with Gasteiger partial charge in [0.2, 0.25) is 0 Å². The number of hydrogen-bond acceptors (Lipinski definition) is 2. The Morgan fingerprint density at radius 3 is 2.00 bits per heavy atom. The van der Waals surface area contributed by atoms with Crippen LogP contribution in [-0.2, 0) is 6.18 Å². The zero-order valence-electron chi connectivity index (χ0n) is 13.1. The zero-order chi connectivity index (χ0) is 19.1. The average molecular weight is 440 g/mol. The highest BCUT2D eigenvalue weighted by Crippen LogP contribution is 2.39. The van der Waals surface area contributed by atoms with Crippen LogP contribution < -0.4 is 9.64 Å². The maximum atomic E-state index is 14.3. The van der Waals surface area contributed by atoms with Crippen molar-refractivity contribution < 1.29 is 31.1 Å². The minimum atomic E-state index is -4.90. The van der Waals surface area contributed by atoms with Gasteiger partial charge >= 0.3 is 6.18 Å². The van der Waals surface area contributed by atoms with Gasteiger partial charge in [-0.05, 0) is 47.0 Å². The highest BCUT2D eigenvalue weighted by atomic mass is 79.9. The summed E-state index contributed by atoms with van der Waals surface area (Å²) in [5.74, 6) is -5.01. The summed E-state index contributed by atoms with van der Waals surface area (Å²) in [5, 5.41) is 0. The largest absolute Gasteiger partial charge is 0.450 e. The van der Waals surface area contributed by atoms with Gasteiger partial charge in [-0.2, -0.15) is 13.2 Å². The second-order valence-electron chi connectivity index (χ2n) is 5.80. The quantitative estimate of drug-likeness (QED) is 0.522. The summed E-state index contributed by atoms with van der Waals surface area (Å²) in [6.07, 6.45) is -3.04. The summed E-state index contributed by atoms with van der Waals surface area (Å²) in [5.41, 5.74) is -1.16. The minimum Gasteiger partial charge on any atom is -0.450 e. The van der Waals surface area contributed by atoms with Gasteiger partial charge in [0.1, 0.15) is 11.6 Å². The van der Waals surface area contributed by atoms with E-state index in [0.717, 1.165) is 18.9 Å². The second-order valence-corrected chi connectivity index (χ2v) is 6.65. The van der Waals surface area contributed by atoms with E-state index in [1.807, 2.05) is 4.90 Å². The summed E-state index contributed by atoms with van der Waals surface area (Å²) in [6, 6.07) is 2.60. The van der Waals surface area contributed by atoms with Crippen LogP contribution in [0.3, 0.4) is 0 Å². The lowest BCUT2D eigenvalue weighted by Crippen LogP contribution is -2.19.